The average molecular weight is 348 g/mol. The molecule has 1 amide bonds. The Morgan fingerprint density at radius 3 is 2.96 bits per heavy atom. The van der Waals surface area contributed by atoms with E-state index in [1.807, 2.05) is 6.07 Å². The van der Waals surface area contributed by atoms with Crippen molar-refractivity contribution < 1.29 is 18.7 Å². The van der Waals surface area contributed by atoms with E-state index < -0.39 is 0 Å². The molecule has 3 fully saturated rings. The predicted molar refractivity (Wildman–Crippen MR) is 91.9 cm³/mol. The van der Waals surface area contributed by atoms with Gasteiger partial charge < -0.3 is 19.2 Å². The van der Waals surface area contributed by atoms with Crippen molar-refractivity contribution >= 4 is 5.91 Å². The molecule has 138 valence electrons. The number of furan rings is 1. The minimum absolute atomic E-state index is 0.0716. The van der Waals surface area contributed by atoms with Crippen molar-refractivity contribution in [2.24, 2.45) is 11.8 Å². The lowest BCUT2D eigenvalue weighted by Gasteiger charge is -2.33. The Labute approximate surface area is 148 Å². The first kappa shape index (κ1) is 17.1. The SMILES string of the molecule is O=C(NCC1CCOCC1)[C@H]1C[C@@H]2CCN(Cc3ccoc3)C[C@@H]2O1. The molecule has 1 aromatic heterocycles. The Hall–Kier alpha value is -1.37. The molecule has 4 heterocycles. The molecule has 6 heteroatoms. The van der Waals surface area contributed by atoms with Crippen LogP contribution in [0.15, 0.2) is 23.0 Å². The normalized spacial score (nSPS) is 31.0. The summed E-state index contributed by atoms with van der Waals surface area (Å²) in [5.41, 5.74) is 1.20. The Kier molecular flexibility index (Phi) is 5.39. The summed E-state index contributed by atoms with van der Waals surface area (Å²) in [5, 5.41) is 3.11. The lowest BCUT2D eigenvalue weighted by molar-refractivity contribution is -0.133. The van der Waals surface area contributed by atoms with Crippen LogP contribution in [0.2, 0.25) is 0 Å². The van der Waals surface area contributed by atoms with E-state index in [-0.39, 0.29) is 18.1 Å². The molecule has 3 aliphatic rings. The van der Waals surface area contributed by atoms with Crippen LogP contribution in [0.4, 0.5) is 0 Å². The van der Waals surface area contributed by atoms with Crippen molar-refractivity contribution in [1.82, 2.24) is 10.2 Å². The molecule has 6 nitrogen and oxygen atoms in total. The van der Waals surface area contributed by atoms with Crippen LogP contribution in [0.1, 0.15) is 31.2 Å². The number of ether oxygens (including phenoxy) is 2. The van der Waals surface area contributed by atoms with E-state index in [1.54, 1.807) is 12.5 Å². The van der Waals surface area contributed by atoms with Crippen LogP contribution in [0, 0.1) is 11.8 Å². The zero-order valence-corrected chi connectivity index (χ0v) is 14.7. The van der Waals surface area contributed by atoms with Crippen molar-refractivity contribution in [2.75, 3.05) is 32.8 Å². The van der Waals surface area contributed by atoms with E-state index in [9.17, 15) is 4.79 Å². The second kappa shape index (κ2) is 7.89. The Balaban J connectivity index is 1.23. The van der Waals surface area contributed by atoms with Gasteiger partial charge in [-0.2, -0.15) is 0 Å². The van der Waals surface area contributed by atoms with Crippen molar-refractivity contribution in [1.29, 1.82) is 0 Å². The van der Waals surface area contributed by atoms with Crippen molar-refractivity contribution in [2.45, 2.75) is 44.4 Å². The van der Waals surface area contributed by atoms with E-state index in [1.165, 1.54) is 5.56 Å². The highest BCUT2D eigenvalue weighted by Gasteiger charge is 2.41. The van der Waals surface area contributed by atoms with E-state index in [0.717, 1.165) is 65.1 Å². The van der Waals surface area contributed by atoms with Crippen molar-refractivity contribution in [3.63, 3.8) is 0 Å². The van der Waals surface area contributed by atoms with Gasteiger partial charge in [0.25, 0.3) is 0 Å². The first-order valence-corrected chi connectivity index (χ1v) is 9.52. The van der Waals surface area contributed by atoms with Gasteiger partial charge in [0.1, 0.15) is 6.10 Å². The molecule has 0 saturated carbocycles. The predicted octanol–water partition coefficient (Wildman–Crippen LogP) is 1.80. The molecule has 25 heavy (non-hydrogen) atoms. The van der Waals surface area contributed by atoms with Gasteiger partial charge >= 0.3 is 0 Å². The number of rotatable bonds is 5. The molecular weight excluding hydrogens is 320 g/mol. The number of piperidine rings is 1. The van der Waals surface area contributed by atoms with Crippen LogP contribution in [0.5, 0.6) is 0 Å². The molecule has 0 unspecified atom stereocenters. The van der Waals surface area contributed by atoms with E-state index in [4.69, 9.17) is 13.9 Å². The number of hydrogen-bond acceptors (Lipinski definition) is 5. The zero-order valence-electron chi connectivity index (χ0n) is 14.7. The number of fused-ring (bicyclic) bond motifs is 1. The van der Waals surface area contributed by atoms with Gasteiger partial charge in [-0.15, -0.1) is 0 Å². The molecular formula is C19H28N2O4. The standard InChI is InChI=1S/C19H28N2O4/c22-19(20-10-14-2-6-23-7-3-14)17-9-16-1-5-21(12-18(16)25-17)11-15-4-8-24-13-15/h4,8,13-14,16-18H,1-3,5-7,9-12H2,(H,20,22)/t16-,17+,18-/m0/s1. The van der Waals surface area contributed by atoms with Crippen molar-refractivity contribution in [3.8, 4) is 0 Å². The Bertz CT molecular complexity index is 556. The third-order valence-corrected chi connectivity index (χ3v) is 5.82. The summed E-state index contributed by atoms with van der Waals surface area (Å²) in [6.07, 6.45) is 7.47. The Morgan fingerprint density at radius 1 is 1.28 bits per heavy atom. The molecule has 1 N–H and O–H groups in total. The van der Waals surface area contributed by atoms with Crippen LogP contribution in [-0.4, -0.2) is 55.9 Å². The third kappa shape index (κ3) is 4.25. The highest BCUT2D eigenvalue weighted by Crippen LogP contribution is 2.33. The van der Waals surface area contributed by atoms with Gasteiger partial charge in [0.15, 0.2) is 0 Å². The van der Waals surface area contributed by atoms with Gasteiger partial charge in [0, 0.05) is 38.4 Å². The largest absolute Gasteiger partial charge is 0.472 e. The van der Waals surface area contributed by atoms with Gasteiger partial charge in [-0.25, -0.2) is 0 Å². The summed E-state index contributed by atoms with van der Waals surface area (Å²) < 4.78 is 16.6. The van der Waals surface area contributed by atoms with Crippen LogP contribution in [0.3, 0.4) is 0 Å². The van der Waals surface area contributed by atoms with Crippen LogP contribution >= 0.6 is 0 Å². The molecule has 3 atom stereocenters. The van der Waals surface area contributed by atoms with Crippen molar-refractivity contribution in [3.05, 3.63) is 24.2 Å². The number of nitrogens with one attached hydrogen (secondary N) is 1. The number of carbonyl (C=O) groups excluding carboxylic acids is 1. The monoisotopic (exact) mass is 348 g/mol. The number of carbonyl (C=O) groups is 1. The molecule has 0 spiro atoms. The number of likely N-dealkylation sites (tertiary alicyclic amines) is 1. The summed E-state index contributed by atoms with van der Waals surface area (Å²) in [6, 6.07) is 2.01. The first-order chi connectivity index (χ1) is 12.3. The van der Waals surface area contributed by atoms with Gasteiger partial charge in [-0.3, -0.25) is 9.69 Å². The summed E-state index contributed by atoms with van der Waals surface area (Å²) in [4.78, 5) is 14.9. The summed E-state index contributed by atoms with van der Waals surface area (Å²) in [5.74, 6) is 1.13. The van der Waals surface area contributed by atoms with Gasteiger partial charge in [0.05, 0.1) is 18.6 Å². The fourth-order valence-corrected chi connectivity index (χ4v) is 4.26. The molecule has 0 aromatic carbocycles. The van der Waals surface area contributed by atoms with Gasteiger partial charge in [-0.1, -0.05) is 0 Å². The summed E-state index contributed by atoms with van der Waals surface area (Å²) in [6.45, 7) is 5.24. The zero-order chi connectivity index (χ0) is 17.1. The minimum Gasteiger partial charge on any atom is -0.472 e. The molecule has 0 bridgehead atoms. The van der Waals surface area contributed by atoms with E-state index >= 15 is 0 Å². The summed E-state index contributed by atoms with van der Waals surface area (Å²) in [7, 11) is 0. The molecule has 3 saturated heterocycles. The highest BCUT2D eigenvalue weighted by molar-refractivity contribution is 5.81. The fourth-order valence-electron chi connectivity index (χ4n) is 4.26. The van der Waals surface area contributed by atoms with Crippen LogP contribution < -0.4 is 5.32 Å². The number of nitrogens with zero attached hydrogens (tertiary/aromatic N) is 1. The molecule has 4 rings (SSSR count). The lowest BCUT2D eigenvalue weighted by Crippen LogP contribution is -2.42. The molecule has 3 aliphatic heterocycles. The van der Waals surface area contributed by atoms with Crippen LogP contribution in [0.25, 0.3) is 0 Å². The third-order valence-electron chi connectivity index (χ3n) is 5.82. The summed E-state index contributed by atoms with van der Waals surface area (Å²) >= 11 is 0. The molecule has 0 aliphatic carbocycles. The molecule has 0 radical (unpaired) electrons. The fraction of sp³-hybridized carbons (Fsp3) is 0.737. The number of amides is 1. The minimum atomic E-state index is -0.274. The second-order valence-corrected chi connectivity index (χ2v) is 7.62. The van der Waals surface area contributed by atoms with E-state index in [2.05, 4.69) is 10.2 Å². The number of hydrogen-bond donors (Lipinski definition) is 1. The maximum absolute atomic E-state index is 12.5. The lowest BCUT2D eigenvalue weighted by atomic mass is 9.91. The first-order valence-electron chi connectivity index (χ1n) is 9.52. The maximum Gasteiger partial charge on any atom is 0.249 e. The van der Waals surface area contributed by atoms with E-state index in [0.29, 0.717) is 11.8 Å². The Morgan fingerprint density at radius 2 is 2.16 bits per heavy atom. The topological polar surface area (TPSA) is 63.9 Å². The quantitative estimate of drug-likeness (QED) is 0.879. The highest BCUT2D eigenvalue weighted by atomic mass is 16.5. The second-order valence-electron chi connectivity index (χ2n) is 7.62. The smallest absolute Gasteiger partial charge is 0.249 e. The average Bonchev–Trinajstić information content (AvgIpc) is 3.30. The molecule has 1 aromatic rings. The maximum atomic E-state index is 12.5. The van der Waals surface area contributed by atoms with Gasteiger partial charge in [0.2, 0.25) is 5.91 Å². The van der Waals surface area contributed by atoms with Crippen LogP contribution in [-0.2, 0) is 20.8 Å². The van der Waals surface area contributed by atoms with Gasteiger partial charge in [-0.05, 0) is 50.1 Å².